The SMILES string of the molecule is CN(C)CC=O.CN1CCN(N)CC1. The molecule has 0 bridgehead atoms. The van der Waals surface area contributed by atoms with Crippen molar-refractivity contribution < 1.29 is 4.79 Å². The minimum atomic E-state index is 0.528. The van der Waals surface area contributed by atoms with E-state index in [1.807, 2.05) is 24.0 Å². The largest absolute Gasteiger partial charge is 0.304 e. The molecule has 0 aromatic rings. The van der Waals surface area contributed by atoms with Crippen LogP contribution in [0.25, 0.3) is 0 Å². The predicted molar refractivity (Wildman–Crippen MR) is 57.9 cm³/mol. The summed E-state index contributed by atoms with van der Waals surface area (Å²) in [5, 5.41) is 1.86. The molecule has 2 N–H and O–H groups in total. The summed E-state index contributed by atoms with van der Waals surface area (Å²) in [6, 6.07) is 0. The van der Waals surface area contributed by atoms with Crippen molar-refractivity contribution in [1.29, 1.82) is 0 Å². The summed E-state index contributed by atoms with van der Waals surface area (Å²) in [5.41, 5.74) is 0. The van der Waals surface area contributed by atoms with Gasteiger partial charge in [-0.3, -0.25) is 5.84 Å². The van der Waals surface area contributed by atoms with E-state index in [0.717, 1.165) is 32.5 Å². The second kappa shape index (κ2) is 7.87. The standard InChI is InChI=1S/C5H13N3.C4H9NO/c1-7-2-4-8(6)5-3-7;1-5(2)3-4-6/h2-6H2,1H3;4H,3H2,1-2H3. The highest BCUT2D eigenvalue weighted by Gasteiger charge is 2.08. The van der Waals surface area contributed by atoms with Crippen molar-refractivity contribution in [3.63, 3.8) is 0 Å². The maximum atomic E-state index is 9.57. The van der Waals surface area contributed by atoms with Crippen LogP contribution in [0.5, 0.6) is 0 Å². The van der Waals surface area contributed by atoms with E-state index < -0.39 is 0 Å². The molecular formula is C9H22N4O. The minimum absolute atomic E-state index is 0.528. The van der Waals surface area contributed by atoms with Gasteiger partial charge in [-0.15, -0.1) is 0 Å². The highest BCUT2D eigenvalue weighted by atomic mass is 16.1. The number of hydrogen-bond acceptors (Lipinski definition) is 5. The Morgan fingerprint density at radius 3 is 2.00 bits per heavy atom. The van der Waals surface area contributed by atoms with Crippen molar-refractivity contribution in [1.82, 2.24) is 14.8 Å². The first-order valence-electron chi connectivity index (χ1n) is 4.82. The fourth-order valence-electron chi connectivity index (χ4n) is 0.971. The lowest BCUT2D eigenvalue weighted by Gasteiger charge is -2.28. The Morgan fingerprint density at radius 2 is 1.79 bits per heavy atom. The molecule has 0 amide bonds. The maximum Gasteiger partial charge on any atom is 0.133 e. The Kier molecular flexibility index (Phi) is 7.60. The van der Waals surface area contributed by atoms with E-state index >= 15 is 0 Å². The third-order valence-electron chi connectivity index (χ3n) is 1.98. The molecule has 0 atom stereocenters. The van der Waals surface area contributed by atoms with Crippen LogP contribution in [0, 0.1) is 0 Å². The first kappa shape index (κ1) is 13.5. The van der Waals surface area contributed by atoms with Gasteiger partial charge in [-0.2, -0.15) is 0 Å². The Bertz CT molecular complexity index is 134. The molecule has 0 aromatic heterocycles. The maximum absolute atomic E-state index is 9.57. The van der Waals surface area contributed by atoms with Crippen LogP contribution in [0.4, 0.5) is 0 Å². The molecule has 1 aliphatic heterocycles. The third kappa shape index (κ3) is 8.12. The smallest absolute Gasteiger partial charge is 0.133 e. The quantitative estimate of drug-likeness (QED) is 0.453. The lowest BCUT2D eigenvalue weighted by atomic mass is 10.4. The van der Waals surface area contributed by atoms with Gasteiger partial charge in [-0.05, 0) is 21.1 Å². The van der Waals surface area contributed by atoms with Gasteiger partial charge in [0.05, 0.1) is 6.54 Å². The zero-order valence-electron chi connectivity index (χ0n) is 9.44. The van der Waals surface area contributed by atoms with E-state index in [2.05, 4.69) is 11.9 Å². The van der Waals surface area contributed by atoms with Crippen LogP contribution < -0.4 is 5.84 Å². The van der Waals surface area contributed by atoms with Crippen molar-refractivity contribution in [3.8, 4) is 0 Å². The fourth-order valence-corrected chi connectivity index (χ4v) is 0.971. The molecule has 1 fully saturated rings. The fraction of sp³-hybridized carbons (Fsp3) is 0.889. The molecule has 5 nitrogen and oxygen atoms in total. The molecule has 84 valence electrons. The van der Waals surface area contributed by atoms with Crippen molar-refractivity contribution in [2.45, 2.75) is 0 Å². The van der Waals surface area contributed by atoms with Gasteiger partial charge in [0.25, 0.3) is 0 Å². The minimum Gasteiger partial charge on any atom is -0.304 e. The second-order valence-corrected chi connectivity index (χ2v) is 3.77. The van der Waals surface area contributed by atoms with E-state index in [1.165, 1.54) is 0 Å². The Balaban J connectivity index is 0.000000255. The average Bonchev–Trinajstić information content (AvgIpc) is 2.11. The molecule has 0 aliphatic carbocycles. The van der Waals surface area contributed by atoms with Gasteiger partial charge < -0.3 is 14.6 Å². The summed E-state index contributed by atoms with van der Waals surface area (Å²) in [4.78, 5) is 13.7. The number of piperazine rings is 1. The molecule has 14 heavy (non-hydrogen) atoms. The highest BCUT2D eigenvalue weighted by Crippen LogP contribution is 1.91. The first-order valence-corrected chi connectivity index (χ1v) is 4.82. The lowest BCUT2D eigenvalue weighted by Crippen LogP contribution is -2.47. The van der Waals surface area contributed by atoms with Crippen molar-refractivity contribution in [3.05, 3.63) is 0 Å². The number of nitrogens with zero attached hydrogens (tertiary/aromatic N) is 3. The number of carbonyl (C=O) groups is 1. The average molecular weight is 202 g/mol. The van der Waals surface area contributed by atoms with Crippen LogP contribution in [0.1, 0.15) is 0 Å². The summed E-state index contributed by atoms with van der Waals surface area (Å²) < 4.78 is 0. The van der Waals surface area contributed by atoms with Crippen LogP contribution in [0.15, 0.2) is 0 Å². The molecule has 0 unspecified atom stereocenters. The first-order chi connectivity index (χ1) is 6.56. The number of hydrazine groups is 1. The van der Waals surface area contributed by atoms with E-state index in [1.54, 1.807) is 0 Å². The van der Waals surface area contributed by atoms with Crippen LogP contribution >= 0.6 is 0 Å². The van der Waals surface area contributed by atoms with Crippen LogP contribution in [-0.2, 0) is 4.79 Å². The predicted octanol–water partition coefficient (Wildman–Crippen LogP) is -1.15. The molecule has 0 radical (unpaired) electrons. The van der Waals surface area contributed by atoms with Gasteiger partial charge in [0, 0.05) is 26.2 Å². The Morgan fingerprint density at radius 1 is 1.29 bits per heavy atom. The molecule has 1 saturated heterocycles. The van der Waals surface area contributed by atoms with Crippen molar-refractivity contribution >= 4 is 6.29 Å². The van der Waals surface area contributed by atoms with Gasteiger partial charge in [0.15, 0.2) is 0 Å². The molecule has 1 heterocycles. The number of nitrogens with two attached hydrogens (primary N) is 1. The lowest BCUT2D eigenvalue weighted by molar-refractivity contribution is -0.108. The van der Waals surface area contributed by atoms with Crippen LogP contribution in [0.2, 0.25) is 0 Å². The Labute approximate surface area is 86.4 Å². The number of likely N-dealkylation sites (N-methyl/N-ethyl adjacent to an activating group) is 2. The van der Waals surface area contributed by atoms with Gasteiger partial charge in [0.1, 0.15) is 6.29 Å². The van der Waals surface area contributed by atoms with Gasteiger partial charge in [0.2, 0.25) is 0 Å². The molecular weight excluding hydrogens is 180 g/mol. The molecule has 1 aliphatic rings. The molecule has 0 spiro atoms. The van der Waals surface area contributed by atoms with E-state index in [0.29, 0.717) is 6.54 Å². The van der Waals surface area contributed by atoms with Gasteiger partial charge in [-0.1, -0.05) is 0 Å². The van der Waals surface area contributed by atoms with E-state index in [4.69, 9.17) is 5.84 Å². The summed E-state index contributed by atoms with van der Waals surface area (Å²) in [6.07, 6.45) is 0.875. The number of carbonyl (C=O) groups excluding carboxylic acids is 1. The van der Waals surface area contributed by atoms with E-state index in [-0.39, 0.29) is 0 Å². The summed E-state index contributed by atoms with van der Waals surface area (Å²) >= 11 is 0. The normalized spacial score (nSPS) is 18.9. The third-order valence-corrected chi connectivity index (χ3v) is 1.98. The Hall–Kier alpha value is -0.490. The topological polar surface area (TPSA) is 52.8 Å². The zero-order chi connectivity index (χ0) is 11.0. The summed E-state index contributed by atoms with van der Waals surface area (Å²) in [6.45, 7) is 4.76. The molecule has 1 rings (SSSR count). The van der Waals surface area contributed by atoms with Crippen molar-refractivity contribution in [2.24, 2.45) is 5.84 Å². The van der Waals surface area contributed by atoms with Crippen molar-refractivity contribution in [2.75, 3.05) is 53.9 Å². The van der Waals surface area contributed by atoms with Gasteiger partial charge >= 0.3 is 0 Å². The summed E-state index contributed by atoms with van der Waals surface area (Å²) in [7, 11) is 5.83. The molecule has 5 heteroatoms. The monoisotopic (exact) mass is 202 g/mol. The second-order valence-electron chi connectivity index (χ2n) is 3.77. The zero-order valence-corrected chi connectivity index (χ0v) is 9.44. The van der Waals surface area contributed by atoms with E-state index in [9.17, 15) is 4.79 Å². The highest BCUT2D eigenvalue weighted by molar-refractivity contribution is 5.51. The van der Waals surface area contributed by atoms with Crippen LogP contribution in [0.3, 0.4) is 0 Å². The molecule has 0 aromatic carbocycles. The molecule has 0 saturated carbocycles. The summed E-state index contributed by atoms with van der Waals surface area (Å²) in [5.74, 6) is 5.50. The number of aldehydes is 1. The van der Waals surface area contributed by atoms with Crippen LogP contribution in [-0.4, -0.2) is 75.0 Å². The van der Waals surface area contributed by atoms with Gasteiger partial charge in [-0.25, -0.2) is 5.01 Å². The number of rotatable bonds is 2. The number of hydrogen-bond donors (Lipinski definition) is 1.